The molecule has 2 heterocycles. The van der Waals surface area contributed by atoms with Crippen molar-refractivity contribution in [3.63, 3.8) is 0 Å². The van der Waals surface area contributed by atoms with Crippen molar-refractivity contribution in [2.24, 2.45) is 7.05 Å². The van der Waals surface area contributed by atoms with Gasteiger partial charge in [0.1, 0.15) is 0 Å². The Kier molecular flexibility index (Phi) is 5.78. The zero-order chi connectivity index (χ0) is 13.7. The molecule has 0 aliphatic carbocycles. The number of aromatic nitrogens is 3. The van der Waals surface area contributed by atoms with Crippen molar-refractivity contribution in [2.45, 2.75) is 51.2 Å². The summed E-state index contributed by atoms with van der Waals surface area (Å²) in [6.45, 7) is 3.99. The molecule has 5 nitrogen and oxygen atoms in total. The number of rotatable bonds is 6. The summed E-state index contributed by atoms with van der Waals surface area (Å²) < 4.78 is 8.49. The van der Waals surface area contributed by atoms with Crippen LogP contribution in [0.1, 0.15) is 50.8 Å². The van der Waals surface area contributed by atoms with E-state index in [9.17, 15) is 0 Å². The molecule has 0 amide bonds. The minimum absolute atomic E-state index is 0.282. The lowest BCUT2D eigenvalue weighted by Crippen LogP contribution is -2.26. The first-order valence-electron chi connectivity index (χ1n) is 7.12. The van der Waals surface area contributed by atoms with Crippen LogP contribution in [0.3, 0.4) is 0 Å². The topological polar surface area (TPSA) is 52.0 Å². The zero-order valence-electron chi connectivity index (χ0n) is 11.7. The Morgan fingerprint density at radius 3 is 2.95 bits per heavy atom. The van der Waals surface area contributed by atoms with Crippen molar-refractivity contribution in [1.29, 1.82) is 0 Å². The summed E-state index contributed by atoms with van der Waals surface area (Å²) in [6, 6.07) is 0.282. The molecule has 0 spiro atoms. The van der Waals surface area contributed by atoms with E-state index < -0.39 is 0 Å². The van der Waals surface area contributed by atoms with E-state index >= 15 is 0 Å². The highest BCUT2D eigenvalue weighted by Gasteiger charge is 2.22. The van der Waals surface area contributed by atoms with Crippen molar-refractivity contribution >= 4 is 15.9 Å². The Labute approximate surface area is 123 Å². The molecule has 1 aliphatic rings. The van der Waals surface area contributed by atoms with E-state index in [1.54, 1.807) is 0 Å². The van der Waals surface area contributed by atoms with Crippen LogP contribution >= 0.6 is 15.9 Å². The van der Waals surface area contributed by atoms with E-state index in [1.807, 2.05) is 11.7 Å². The predicted molar refractivity (Wildman–Crippen MR) is 77.9 cm³/mol. The lowest BCUT2D eigenvalue weighted by Gasteiger charge is -2.25. The second-order valence-electron chi connectivity index (χ2n) is 5.07. The largest absolute Gasteiger partial charge is 0.378 e. The summed E-state index contributed by atoms with van der Waals surface area (Å²) in [6.07, 6.45) is 6.28. The van der Waals surface area contributed by atoms with Gasteiger partial charge in [0, 0.05) is 13.7 Å². The standard InChI is InChI=1S/C13H23BrN4O/c1-3-15-11(12-13(14)16-17-18(12)2)8-7-10-6-4-5-9-19-10/h10-11,15H,3-9H2,1-2H3. The van der Waals surface area contributed by atoms with Gasteiger partial charge < -0.3 is 10.1 Å². The highest BCUT2D eigenvalue weighted by molar-refractivity contribution is 9.10. The average molecular weight is 331 g/mol. The van der Waals surface area contributed by atoms with E-state index in [0.717, 1.165) is 36.3 Å². The second kappa shape index (κ2) is 7.36. The Morgan fingerprint density at radius 2 is 2.37 bits per heavy atom. The van der Waals surface area contributed by atoms with Gasteiger partial charge >= 0.3 is 0 Å². The smallest absolute Gasteiger partial charge is 0.153 e. The van der Waals surface area contributed by atoms with Crippen LogP contribution in [0.25, 0.3) is 0 Å². The molecule has 1 N–H and O–H groups in total. The van der Waals surface area contributed by atoms with Crippen LogP contribution in [0.2, 0.25) is 0 Å². The summed E-state index contributed by atoms with van der Waals surface area (Å²) in [7, 11) is 1.94. The Morgan fingerprint density at radius 1 is 1.53 bits per heavy atom. The Bertz CT molecular complexity index is 370. The average Bonchev–Trinajstić information content (AvgIpc) is 2.76. The molecule has 6 heteroatoms. The SMILES string of the molecule is CCNC(CCC1CCCCO1)c1c(Br)nnn1C. The molecular weight excluding hydrogens is 308 g/mol. The van der Waals surface area contributed by atoms with Gasteiger partial charge in [-0.1, -0.05) is 12.1 Å². The molecule has 2 rings (SSSR count). The lowest BCUT2D eigenvalue weighted by molar-refractivity contribution is 0.00843. The van der Waals surface area contributed by atoms with Crippen LogP contribution < -0.4 is 5.32 Å². The number of nitrogens with zero attached hydrogens (tertiary/aromatic N) is 3. The molecule has 2 atom stereocenters. The van der Waals surface area contributed by atoms with Gasteiger partial charge in [-0.25, -0.2) is 4.68 Å². The van der Waals surface area contributed by atoms with Crippen LogP contribution in [0.15, 0.2) is 4.60 Å². The molecule has 19 heavy (non-hydrogen) atoms. The van der Waals surface area contributed by atoms with Crippen molar-refractivity contribution in [3.05, 3.63) is 10.3 Å². The van der Waals surface area contributed by atoms with Gasteiger partial charge in [0.25, 0.3) is 0 Å². The number of ether oxygens (including phenoxy) is 1. The fraction of sp³-hybridized carbons (Fsp3) is 0.846. The van der Waals surface area contributed by atoms with E-state index in [0.29, 0.717) is 6.10 Å². The summed E-state index contributed by atoms with van der Waals surface area (Å²) in [5.41, 5.74) is 1.12. The van der Waals surface area contributed by atoms with Crippen LogP contribution in [0, 0.1) is 0 Å². The molecule has 0 radical (unpaired) electrons. The van der Waals surface area contributed by atoms with Crippen molar-refractivity contribution in [2.75, 3.05) is 13.2 Å². The van der Waals surface area contributed by atoms with Crippen molar-refractivity contribution < 1.29 is 4.74 Å². The maximum Gasteiger partial charge on any atom is 0.153 e. The van der Waals surface area contributed by atoms with Crippen molar-refractivity contribution in [1.82, 2.24) is 20.3 Å². The van der Waals surface area contributed by atoms with Gasteiger partial charge in [-0.05, 0) is 54.6 Å². The summed E-state index contributed by atoms with van der Waals surface area (Å²) in [5.74, 6) is 0. The molecule has 1 fully saturated rings. The first kappa shape index (κ1) is 14.9. The summed E-state index contributed by atoms with van der Waals surface area (Å²) >= 11 is 3.49. The van der Waals surface area contributed by atoms with Crippen LogP contribution in [-0.4, -0.2) is 34.2 Å². The molecule has 1 saturated heterocycles. The molecule has 2 unspecified atom stereocenters. The van der Waals surface area contributed by atoms with Gasteiger partial charge in [0.2, 0.25) is 0 Å². The Hall–Kier alpha value is -0.460. The molecule has 1 aliphatic heterocycles. The minimum Gasteiger partial charge on any atom is -0.378 e. The van der Waals surface area contributed by atoms with Gasteiger partial charge in [-0.15, -0.1) is 5.10 Å². The number of hydrogen-bond donors (Lipinski definition) is 1. The van der Waals surface area contributed by atoms with Crippen LogP contribution in [-0.2, 0) is 11.8 Å². The van der Waals surface area contributed by atoms with Gasteiger partial charge in [-0.3, -0.25) is 0 Å². The van der Waals surface area contributed by atoms with E-state index in [1.165, 1.54) is 19.3 Å². The maximum atomic E-state index is 5.81. The lowest BCUT2D eigenvalue weighted by atomic mass is 10.0. The third-order valence-corrected chi connectivity index (χ3v) is 4.22. The quantitative estimate of drug-likeness (QED) is 0.870. The van der Waals surface area contributed by atoms with Crippen LogP contribution in [0.4, 0.5) is 0 Å². The second-order valence-corrected chi connectivity index (χ2v) is 5.82. The monoisotopic (exact) mass is 330 g/mol. The Balaban J connectivity index is 1.96. The van der Waals surface area contributed by atoms with Crippen molar-refractivity contribution in [3.8, 4) is 0 Å². The molecule has 1 aromatic rings. The van der Waals surface area contributed by atoms with Gasteiger partial charge in [-0.2, -0.15) is 0 Å². The van der Waals surface area contributed by atoms with E-state index in [2.05, 4.69) is 38.5 Å². The number of halogens is 1. The van der Waals surface area contributed by atoms with E-state index in [4.69, 9.17) is 4.74 Å². The summed E-state index contributed by atoms with van der Waals surface area (Å²) in [4.78, 5) is 0. The maximum absolute atomic E-state index is 5.81. The molecular formula is C13H23BrN4O. The predicted octanol–water partition coefficient (Wildman–Crippen LogP) is 2.58. The molecule has 1 aromatic heterocycles. The number of hydrogen-bond acceptors (Lipinski definition) is 4. The first-order chi connectivity index (χ1) is 9.22. The highest BCUT2D eigenvalue weighted by Crippen LogP contribution is 2.27. The molecule has 108 valence electrons. The van der Waals surface area contributed by atoms with E-state index in [-0.39, 0.29) is 6.04 Å². The fourth-order valence-electron chi connectivity index (χ4n) is 2.68. The number of aryl methyl sites for hydroxylation is 1. The third kappa shape index (κ3) is 4.00. The third-order valence-electron chi connectivity index (χ3n) is 3.66. The fourth-order valence-corrected chi connectivity index (χ4v) is 3.28. The molecule has 0 aromatic carbocycles. The molecule has 0 saturated carbocycles. The zero-order valence-corrected chi connectivity index (χ0v) is 13.3. The van der Waals surface area contributed by atoms with Gasteiger partial charge in [0.05, 0.1) is 17.8 Å². The highest BCUT2D eigenvalue weighted by atomic mass is 79.9. The molecule has 0 bridgehead atoms. The summed E-state index contributed by atoms with van der Waals surface area (Å²) in [5, 5.41) is 11.7. The number of nitrogens with one attached hydrogen (secondary N) is 1. The minimum atomic E-state index is 0.282. The van der Waals surface area contributed by atoms with Gasteiger partial charge in [0.15, 0.2) is 4.60 Å². The van der Waals surface area contributed by atoms with Crippen LogP contribution in [0.5, 0.6) is 0 Å². The normalized spacial score (nSPS) is 21.5. The first-order valence-corrected chi connectivity index (χ1v) is 7.91.